The lowest BCUT2D eigenvalue weighted by Gasteiger charge is -2.16. The van der Waals surface area contributed by atoms with Gasteiger partial charge >= 0.3 is 5.69 Å². The van der Waals surface area contributed by atoms with Gasteiger partial charge in [-0.15, -0.1) is 0 Å². The Balaban J connectivity index is 1.90. The van der Waals surface area contributed by atoms with E-state index in [2.05, 4.69) is 15.5 Å². The van der Waals surface area contributed by atoms with Gasteiger partial charge in [-0.2, -0.15) is 10.1 Å². The number of halogens is 1. The van der Waals surface area contributed by atoms with E-state index in [9.17, 15) is 14.0 Å². The molecular weight excluding hydrogens is 315 g/mol. The molecule has 0 fully saturated rings. The molecule has 3 aromatic rings. The van der Waals surface area contributed by atoms with Crippen molar-refractivity contribution in [1.82, 2.24) is 18.7 Å². The van der Waals surface area contributed by atoms with Crippen LogP contribution < -0.4 is 16.7 Å². The zero-order valence-electron chi connectivity index (χ0n) is 12.9. The molecule has 0 unspecified atom stereocenters. The van der Waals surface area contributed by atoms with E-state index in [1.807, 2.05) is 0 Å². The minimum atomic E-state index is -0.442. The van der Waals surface area contributed by atoms with Crippen LogP contribution in [0, 0.1) is 5.82 Å². The second kappa shape index (κ2) is 4.88. The van der Waals surface area contributed by atoms with Crippen LogP contribution in [-0.2, 0) is 20.6 Å². The van der Waals surface area contributed by atoms with Crippen LogP contribution in [0.3, 0.4) is 0 Å². The fourth-order valence-electron chi connectivity index (χ4n) is 2.79. The highest BCUT2D eigenvalue weighted by Gasteiger charge is 2.23. The largest absolute Gasteiger partial charge is 0.332 e. The Bertz CT molecular complexity index is 1120. The zero-order valence-corrected chi connectivity index (χ0v) is 12.9. The van der Waals surface area contributed by atoms with Crippen molar-refractivity contribution in [2.75, 3.05) is 5.43 Å². The number of aromatic nitrogens is 4. The third kappa shape index (κ3) is 1.91. The summed E-state index contributed by atoms with van der Waals surface area (Å²) >= 11 is 0. The van der Waals surface area contributed by atoms with Crippen molar-refractivity contribution in [1.29, 1.82) is 0 Å². The minimum Gasteiger partial charge on any atom is -0.297 e. The Hall–Kier alpha value is -3.23. The lowest BCUT2D eigenvalue weighted by molar-refractivity contribution is 0.627. The molecule has 8 nitrogen and oxygen atoms in total. The van der Waals surface area contributed by atoms with Crippen molar-refractivity contribution in [3.63, 3.8) is 0 Å². The third-order valence-electron chi connectivity index (χ3n) is 4.12. The molecule has 9 heteroatoms. The number of benzene rings is 1. The molecule has 24 heavy (non-hydrogen) atoms. The number of hydrogen-bond donors (Lipinski definition) is 1. The van der Waals surface area contributed by atoms with Gasteiger partial charge in [0.15, 0.2) is 11.2 Å². The Morgan fingerprint density at radius 3 is 2.54 bits per heavy atom. The van der Waals surface area contributed by atoms with Gasteiger partial charge in [0.1, 0.15) is 5.82 Å². The summed E-state index contributed by atoms with van der Waals surface area (Å²) in [6.45, 7) is 0.290. The highest BCUT2D eigenvalue weighted by atomic mass is 19.1. The average Bonchev–Trinajstić information content (AvgIpc) is 2.97. The van der Waals surface area contributed by atoms with Crippen molar-refractivity contribution in [2.24, 2.45) is 19.2 Å². The van der Waals surface area contributed by atoms with Crippen molar-refractivity contribution in [2.45, 2.75) is 6.54 Å². The SMILES string of the molecule is Cn1c(=O)c2c(nc3n2CC(c2ccc(F)cc2)=NN3)n(C)c1=O. The molecule has 1 aliphatic rings. The highest BCUT2D eigenvalue weighted by molar-refractivity contribution is 6.02. The normalized spacial score (nSPS) is 13.5. The van der Waals surface area contributed by atoms with Crippen LogP contribution in [-0.4, -0.2) is 24.4 Å². The molecule has 0 amide bonds. The lowest BCUT2D eigenvalue weighted by Crippen LogP contribution is -2.38. The maximum absolute atomic E-state index is 13.1. The van der Waals surface area contributed by atoms with E-state index >= 15 is 0 Å². The monoisotopic (exact) mass is 328 g/mol. The predicted molar refractivity (Wildman–Crippen MR) is 86.8 cm³/mol. The summed E-state index contributed by atoms with van der Waals surface area (Å²) in [5, 5.41) is 4.23. The molecule has 1 aromatic carbocycles. The molecule has 1 aliphatic heterocycles. The van der Waals surface area contributed by atoms with Crippen molar-refractivity contribution < 1.29 is 4.39 Å². The summed E-state index contributed by atoms with van der Waals surface area (Å²) in [4.78, 5) is 28.8. The maximum Gasteiger partial charge on any atom is 0.332 e. The van der Waals surface area contributed by atoms with Gasteiger partial charge in [-0.05, 0) is 17.7 Å². The van der Waals surface area contributed by atoms with Crippen LogP contribution in [0.15, 0.2) is 39.0 Å². The summed E-state index contributed by atoms with van der Waals surface area (Å²) in [7, 11) is 2.99. The van der Waals surface area contributed by atoms with Crippen LogP contribution in [0.4, 0.5) is 10.3 Å². The zero-order chi connectivity index (χ0) is 17.0. The molecule has 122 valence electrons. The van der Waals surface area contributed by atoms with E-state index in [0.29, 0.717) is 22.8 Å². The number of nitrogens with one attached hydrogen (secondary N) is 1. The van der Waals surface area contributed by atoms with E-state index < -0.39 is 11.2 Å². The second-order valence-electron chi connectivity index (χ2n) is 5.58. The Morgan fingerprint density at radius 1 is 1.12 bits per heavy atom. The Kier molecular flexibility index (Phi) is 2.92. The quantitative estimate of drug-likeness (QED) is 0.701. The van der Waals surface area contributed by atoms with Crippen LogP contribution >= 0.6 is 0 Å². The molecule has 0 radical (unpaired) electrons. The van der Waals surface area contributed by atoms with Crippen molar-refractivity contribution in [3.8, 4) is 0 Å². The molecule has 2 aromatic heterocycles. The first-order valence-corrected chi connectivity index (χ1v) is 7.22. The van der Waals surface area contributed by atoms with Crippen molar-refractivity contribution >= 4 is 22.8 Å². The maximum atomic E-state index is 13.1. The first-order valence-electron chi connectivity index (χ1n) is 7.22. The summed E-state index contributed by atoms with van der Waals surface area (Å²) in [5.41, 5.74) is 3.91. The highest BCUT2D eigenvalue weighted by Crippen LogP contribution is 2.20. The Labute approximate surface area is 134 Å². The second-order valence-corrected chi connectivity index (χ2v) is 5.58. The van der Waals surface area contributed by atoms with E-state index in [4.69, 9.17) is 0 Å². The molecule has 1 N–H and O–H groups in total. The smallest absolute Gasteiger partial charge is 0.297 e. The number of fused-ring (bicyclic) bond motifs is 3. The number of imidazole rings is 1. The fraction of sp³-hybridized carbons (Fsp3) is 0.200. The number of anilines is 1. The van der Waals surface area contributed by atoms with Crippen LogP contribution in [0.25, 0.3) is 11.2 Å². The number of hydrogen-bond acceptors (Lipinski definition) is 5. The first-order chi connectivity index (χ1) is 11.5. The molecule has 0 saturated heterocycles. The molecule has 0 saturated carbocycles. The van der Waals surface area contributed by atoms with Gasteiger partial charge in [-0.25, -0.2) is 14.6 Å². The van der Waals surface area contributed by atoms with Crippen LogP contribution in [0.5, 0.6) is 0 Å². The molecule has 0 atom stereocenters. The minimum absolute atomic E-state index is 0.290. The van der Waals surface area contributed by atoms with E-state index in [0.717, 1.165) is 10.1 Å². The van der Waals surface area contributed by atoms with Gasteiger partial charge in [-0.1, -0.05) is 12.1 Å². The number of hydrazone groups is 1. The van der Waals surface area contributed by atoms with Gasteiger partial charge in [0.25, 0.3) is 5.56 Å². The number of rotatable bonds is 1. The summed E-state index contributed by atoms with van der Waals surface area (Å²) in [6, 6.07) is 5.94. The van der Waals surface area contributed by atoms with Gasteiger partial charge in [0.05, 0.1) is 12.3 Å². The van der Waals surface area contributed by atoms with E-state index in [1.165, 1.54) is 23.7 Å². The van der Waals surface area contributed by atoms with E-state index in [1.54, 1.807) is 23.7 Å². The molecule has 0 aliphatic carbocycles. The Morgan fingerprint density at radius 2 is 1.83 bits per heavy atom. The molecule has 0 bridgehead atoms. The van der Waals surface area contributed by atoms with Crippen LogP contribution in [0.1, 0.15) is 5.56 Å². The number of aryl methyl sites for hydroxylation is 1. The average molecular weight is 328 g/mol. The van der Waals surface area contributed by atoms with E-state index in [-0.39, 0.29) is 12.4 Å². The summed E-state index contributed by atoms with van der Waals surface area (Å²) in [6.07, 6.45) is 0. The van der Waals surface area contributed by atoms with Crippen LogP contribution in [0.2, 0.25) is 0 Å². The molecular formula is C15H13FN6O2. The van der Waals surface area contributed by atoms with Gasteiger partial charge in [-0.3, -0.25) is 18.5 Å². The predicted octanol–water partition coefficient (Wildman–Crippen LogP) is 0.403. The van der Waals surface area contributed by atoms with Gasteiger partial charge in [0, 0.05) is 14.1 Å². The lowest BCUT2D eigenvalue weighted by atomic mass is 10.1. The molecule has 4 rings (SSSR count). The fourth-order valence-corrected chi connectivity index (χ4v) is 2.79. The molecule has 0 spiro atoms. The third-order valence-corrected chi connectivity index (χ3v) is 4.12. The van der Waals surface area contributed by atoms with Crippen molar-refractivity contribution in [3.05, 3.63) is 56.5 Å². The van der Waals surface area contributed by atoms with Gasteiger partial charge in [0.2, 0.25) is 5.95 Å². The van der Waals surface area contributed by atoms with Gasteiger partial charge < -0.3 is 0 Å². The summed E-state index contributed by atoms with van der Waals surface area (Å²) in [5.74, 6) is 0.0509. The first kappa shape index (κ1) is 14.4. The standard InChI is InChI=1S/C15H13FN6O2/c1-20-12-11(13(23)21(2)15(20)24)22-7-10(18-19-14(22)17-12)8-3-5-9(16)6-4-8/h3-6H,7H2,1-2H3,(H,17,19). The number of nitrogens with zero attached hydrogens (tertiary/aromatic N) is 5. The summed E-state index contributed by atoms with van der Waals surface area (Å²) < 4.78 is 17.1. The molecule has 3 heterocycles. The topological polar surface area (TPSA) is 86.2 Å².